The Labute approximate surface area is 207 Å². The number of rotatable bonds is 9. The van der Waals surface area contributed by atoms with Gasteiger partial charge >= 0.3 is 5.97 Å². The maximum absolute atomic E-state index is 13.5. The van der Waals surface area contributed by atoms with Crippen LogP contribution in [-0.4, -0.2) is 27.0 Å². The number of carbonyl (C=O) groups excluding carboxylic acids is 1. The number of carboxylic acid groups (broad SMARTS) is 1. The summed E-state index contributed by atoms with van der Waals surface area (Å²) in [6.45, 7) is 1.82. The molecule has 4 aromatic rings. The first-order valence-electron chi connectivity index (χ1n) is 11.6. The van der Waals surface area contributed by atoms with Crippen LogP contribution in [0.15, 0.2) is 66.7 Å². The lowest BCUT2D eigenvalue weighted by molar-refractivity contribution is -0.137. The van der Waals surface area contributed by atoms with E-state index in [1.807, 2.05) is 6.92 Å². The molecule has 1 aromatic heterocycles. The number of aryl methyl sites for hydroxylation is 1. The number of nitrogens with one attached hydrogen (secondary N) is 1. The number of amides is 1. The van der Waals surface area contributed by atoms with Gasteiger partial charge in [-0.15, -0.1) is 0 Å². The molecule has 36 heavy (non-hydrogen) atoms. The minimum Gasteiger partial charge on any atom is -0.481 e. The lowest BCUT2D eigenvalue weighted by atomic mass is 10.0. The number of hydrogen-bond donors (Lipinski definition) is 2. The van der Waals surface area contributed by atoms with E-state index in [9.17, 15) is 18.4 Å². The maximum Gasteiger partial charge on any atom is 0.303 e. The number of halogens is 2. The maximum atomic E-state index is 13.5. The summed E-state index contributed by atoms with van der Waals surface area (Å²) in [4.78, 5) is 33.3. The fourth-order valence-electron chi connectivity index (χ4n) is 3.93. The Balaban J connectivity index is 1.62. The molecule has 0 aliphatic carbocycles. The molecule has 1 atom stereocenters. The summed E-state index contributed by atoms with van der Waals surface area (Å²) < 4.78 is 26.7. The minimum absolute atomic E-state index is 0.0590. The van der Waals surface area contributed by atoms with Crippen molar-refractivity contribution >= 4 is 22.9 Å². The van der Waals surface area contributed by atoms with Crippen LogP contribution in [0.25, 0.3) is 22.3 Å². The van der Waals surface area contributed by atoms with Crippen LogP contribution in [0, 0.1) is 11.6 Å². The molecule has 0 fully saturated rings. The average Bonchev–Trinajstić information content (AvgIpc) is 2.86. The smallest absolute Gasteiger partial charge is 0.303 e. The van der Waals surface area contributed by atoms with Crippen LogP contribution < -0.4 is 5.32 Å². The second-order valence-electron chi connectivity index (χ2n) is 8.58. The third-order valence-corrected chi connectivity index (χ3v) is 5.89. The lowest BCUT2D eigenvalue weighted by Crippen LogP contribution is -2.26. The van der Waals surface area contributed by atoms with Crippen LogP contribution in [0.3, 0.4) is 0 Å². The highest BCUT2D eigenvalue weighted by Gasteiger charge is 2.16. The van der Waals surface area contributed by atoms with Gasteiger partial charge in [-0.25, -0.2) is 18.7 Å². The summed E-state index contributed by atoms with van der Waals surface area (Å²) in [5, 5.41) is 11.8. The third kappa shape index (κ3) is 6.07. The Morgan fingerprint density at radius 3 is 2.22 bits per heavy atom. The molecule has 0 radical (unpaired) electrons. The summed E-state index contributed by atoms with van der Waals surface area (Å²) in [6, 6.07) is 16.6. The number of carbonyl (C=O) groups is 2. The molecule has 2 N–H and O–H groups in total. The van der Waals surface area contributed by atoms with Gasteiger partial charge in [-0.3, -0.25) is 9.59 Å². The Morgan fingerprint density at radius 1 is 0.889 bits per heavy atom. The van der Waals surface area contributed by atoms with Crippen molar-refractivity contribution in [1.82, 2.24) is 15.3 Å². The van der Waals surface area contributed by atoms with Crippen molar-refractivity contribution in [1.29, 1.82) is 0 Å². The first-order chi connectivity index (χ1) is 17.3. The van der Waals surface area contributed by atoms with E-state index in [2.05, 4.69) is 5.32 Å². The number of nitrogens with zero attached hydrogens (tertiary/aromatic N) is 2. The molecular formula is C28H25F2N3O3. The number of benzene rings is 3. The van der Waals surface area contributed by atoms with Crippen molar-refractivity contribution in [3.63, 3.8) is 0 Å². The molecule has 0 aliphatic heterocycles. The van der Waals surface area contributed by atoms with E-state index >= 15 is 0 Å². The second-order valence-corrected chi connectivity index (χ2v) is 8.58. The standard InChI is InChI=1S/C28H25F2N3O3/c1-17(18-6-11-21(29)12-7-18)31-28(36)20-10-15-23-25(16-20)32-24(4-2-3-5-26(34)35)27(33-23)19-8-13-22(30)14-9-19/h6-17H,2-5H2,1H3,(H,31,36)(H,34,35)/t17-/m0/s1. The zero-order valence-corrected chi connectivity index (χ0v) is 19.7. The normalized spacial score (nSPS) is 11.9. The topological polar surface area (TPSA) is 92.2 Å². The van der Waals surface area contributed by atoms with Crippen LogP contribution in [0.1, 0.15) is 53.8 Å². The highest BCUT2D eigenvalue weighted by Crippen LogP contribution is 2.26. The molecule has 184 valence electrons. The Kier molecular flexibility index (Phi) is 7.63. The van der Waals surface area contributed by atoms with Crippen molar-refractivity contribution in [3.8, 4) is 11.3 Å². The third-order valence-electron chi connectivity index (χ3n) is 5.89. The highest BCUT2D eigenvalue weighted by molar-refractivity contribution is 5.97. The van der Waals surface area contributed by atoms with Crippen LogP contribution >= 0.6 is 0 Å². The fourth-order valence-corrected chi connectivity index (χ4v) is 3.93. The first-order valence-corrected chi connectivity index (χ1v) is 11.6. The van der Waals surface area contributed by atoms with Crippen molar-refractivity contribution in [3.05, 3.63) is 95.2 Å². The van der Waals surface area contributed by atoms with Gasteiger partial charge in [0, 0.05) is 17.5 Å². The molecule has 1 amide bonds. The number of aromatic nitrogens is 2. The molecular weight excluding hydrogens is 464 g/mol. The molecule has 0 spiro atoms. The lowest BCUT2D eigenvalue weighted by Gasteiger charge is -2.15. The van der Waals surface area contributed by atoms with Gasteiger partial charge in [0.25, 0.3) is 5.91 Å². The van der Waals surface area contributed by atoms with E-state index in [-0.39, 0.29) is 30.0 Å². The molecule has 1 heterocycles. The summed E-state index contributed by atoms with van der Waals surface area (Å²) in [5.41, 5.74) is 4.23. The van der Waals surface area contributed by atoms with E-state index in [0.29, 0.717) is 52.8 Å². The van der Waals surface area contributed by atoms with E-state index in [4.69, 9.17) is 15.1 Å². The van der Waals surface area contributed by atoms with Crippen molar-refractivity contribution in [2.45, 2.75) is 38.6 Å². The van der Waals surface area contributed by atoms with E-state index in [0.717, 1.165) is 5.56 Å². The van der Waals surface area contributed by atoms with Gasteiger partial charge in [-0.05, 0) is 86.3 Å². The molecule has 0 unspecified atom stereocenters. The van der Waals surface area contributed by atoms with Crippen LogP contribution in [-0.2, 0) is 11.2 Å². The van der Waals surface area contributed by atoms with Crippen molar-refractivity contribution in [2.24, 2.45) is 0 Å². The van der Waals surface area contributed by atoms with E-state index in [1.165, 1.54) is 24.3 Å². The SMILES string of the molecule is C[C@H](NC(=O)c1ccc2nc(-c3ccc(F)cc3)c(CCCCC(=O)O)nc2c1)c1ccc(F)cc1. The van der Waals surface area contributed by atoms with E-state index in [1.54, 1.807) is 42.5 Å². The summed E-state index contributed by atoms with van der Waals surface area (Å²) in [7, 11) is 0. The van der Waals surface area contributed by atoms with Crippen LogP contribution in [0.5, 0.6) is 0 Å². The predicted octanol–water partition coefficient (Wildman–Crippen LogP) is 5.86. The second kappa shape index (κ2) is 11.0. The minimum atomic E-state index is -0.858. The molecule has 3 aromatic carbocycles. The zero-order valence-electron chi connectivity index (χ0n) is 19.7. The summed E-state index contributed by atoms with van der Waals surface area (Å²) in [6.07, 6.45) is 1.63. The van der Waals surface area contributed by atoms with Gasteiger partial charge in [0.1, 0.15) is 11.6 Å². The zero-order chi connectivity index (χ0) is 25.7. The number of fused-ring (bicyclic) bond motifs is 1. The molecule has 6 nitrogen and oxygen atoms in total. The summed E-state index contributed by atoms with van der Waals surface area (Å²) >= 11 is 0. The van der Waals surface area contributed by atoms with Gasteiger partial charge in [-0.1, -0.05) is 12.1 Å². The van der Waals surface area contributed by atoms with Gasteiger partial charge in [0.15, 0.2) is 0 Å². The van der Waals surface area contributed by atoms with Crippen molar-refractivity contribution in [2.75, 3.05) is 0 Å². The first kappa shape index (κ1) is 24.9. The molecule has 0 aliphatic rings. The number of hydrogen-bond acceptors (Lipinski definition) is 4. The predicted molar refractivity (Wildman–Crippen MR) is 132 cm³/mol. The largest absolute Gasteiger partial charge is 0.481 e. The van der Waals surface area contributed by atoms with E-state index < -0.39 is 5.97 Å². The summed E-state index contributed by atoms with van der Waals surface area (Å²) in [5.74, 6) is -1.87. The van der Waals surface area contributed by atoms with Gasteiger partial charge in [0.2, 0.25) is 0 Å². The van der Waals surface area contributed by atoms with Gasteiger partial charge < -0.3 is 10.4 Å². The van der Waals surface area contributed by atoms with Crippen LogP contribution in [0.4, 0.5) is 8.78 Å². The average molecular weight is 490 g/mol. The van der Waals surface area contributed by atoms with Gasteiger partial charge in [0.05, 0.1) is 28.5 Å². The molecule has 4 rings (SSSR count). The van der Waals surface area contributed by atoms with Crippen LogP contribution in [0.2, 0.25) is 0 Å². The molecule has 0 saturated carbocycles. The Hall–Kier alpha value is -4.20. The number of aliphatic carboxylic acids is 1. The monoisotopic (exact) mass is 489 g/mol. The quantitative estimate of drug-likeness (QED) is 0.287. The highest BCUT2D eigenvalue weighted by atomic mass is 19.1. The number of carboxylic acids is 1. The Morgan fingerprint density at radius 2 is 1.56 bits per heavy atom. The molecule has 0 saturated heterocycles. The molecule has 8 heteroatoms. The Bertz CT molecular complexity index is 1390. The van der Waals surface area contributed by atoms with Crippen molar-refractivity contribution < 1.29 is 23.5 Å². The number of unbranched alkanes of at least 4 members (excludes halogenated alkanes) is 1. The molecule has 0 bridgehead atoms. The fraction of sp³-hybridized carbons (Fsp3) is 0.214. The van der Waals surface area contributed by atoms with Gasteiger partial charge in [-0.2, -0.15) is 0 Å².